The molecule has 0 bridgehead atoms. The molecule has 1 amide bonds. The third kappa shape index (κ3) is 4.02. The molecule has 0 radical (unpaired) electrons. The number of carbonyl (C=O) groups excluding carboxylic acids is 1. The number of hydrogen-bond donors (Lipinski definition) is 2. The number of halogens is 1. The van der Waals surface area contributed by atoms with Gasteiger partial charge in [0, 0.05) is 5.02 Å². The molecule has 0 saturated heterocycles. The molecule has 96 valence electrons. The zero-order valence-corrected chi connectivity index (χ0v) is 11.0. The number of rotatable bonds is 5. The summed E-state index contributed by atoms with van der Waals surface area (Å²) in [7, 11) is 0. The van der Waals surface area contributed by atoms with Gasteiger partial charge < -0.3 is 11.1 Å². The molecule has 18 heavy (non-hydrogen) atoms. The van der Waals surface area contributed by atoms with Crippen LogP contribution in [0.4, 0.5) is 5.69 Å². The maximum Gasteiger partial charge on any atom is 0.241 e. The second-order valence-corrected chi connectivity index (χ2v) is 4.48. The summed E-state index contributed by atoms with van der Waals surface area (Å²) >= 11 is 5.83. The van der Waals surface area contributed by atoms with Crippen LogP contribution >= 0.6 is 11.6 Å². The molecule has 0 fully saturated rings. The minimum Gasteiger partial charge on any atom is -0.323 e. The highest BCUT2D eigenvalue weighted by molar-refractivity contribution is 6.31. The van der Waals surface area contributed by atoms with Crippen LogP contribution in [0.2, 0.25) is 5.02 Å². The SMILES string of the molecule is CCCCC(N)C(=O)Nc1cc(Cl)ccc1C#N. The lowest BCUT2D eigenvalue weighted by Crippen LogP contribution is -2.35. The molecular formula is C13H16ClN3O. The van der Waals surface area contributed by atoms with Crippen LogP contribution in [-0.4, -0.2) is 11.9 Å². The van der Waals surface area contributed by atoms with Gasteiger partial charge in [-0.05, 0) is 24.6 Å². The molecule has 0 aliphatic heterocycles. The Morgan fingerprint density at radius 1 is 1.61 bits per heavy atom. The van der Waals surface area contributed by atoms with Crippen molar-refractivity contribution in [2.75, 3.05) is 5.32 Å². The van der Waals surface area contributed by atoms with E-state index in [-0.39, 0.29) is 5.91 Å². The van der Waals surface area contributed by atoms with Crippen molar-refractivity contribution in [1.82, 2.24) is 0 Å². The first kappa shape index (κ1) is 14.5. The third-order valence-electron chi connectivity index (χ3n) is 2.57. The minimum atomic E-state index is -0.560. The summed E-state index contributed by atoms with van der Waals surface area (Å²) in [5.74, 6) is -0.290. The summed E-state index contributed by atoms with van der Waals surface area (Å²) in [5, 5.41) is 12.0. The van der Waals surface area contributed by atoms with E-state index in [1.54, 1.807) is 18.2 Å². The van der Waals surface area contributed by atoms with Crippen LogP contribution in [0.1, 0.15) is 31.7 Å². The van der Waals surface area contributed by atoms with E-state index in [1.807, 2.05) is 13.0 Å². The number of amides is 1. The van der Waals surface area contributed by atoms with Crippen molar-refractivity contribution in [3.8, 4) is 6.07 Å². The fourth-order valence-corrected chi connectivity index (χ4v) is 1.67. The molecule has 0 spiro atoms. The number of carbonyl (C=O) groups is 1. The monoisotopic (exact) mass is 265 g/mol. The van der Waals surface area contributed by atoms with E-state index >= 15 is 0 Å². The van der Waals surface area contributed by atoms with Crippen LogP contribution in [0.5, 0.6) is 0 Å². The lowest BCUT2D eigenvalue weighted by atomic mass is 10.1. The Hall–Kier alpha value is -1.57. The molecule has 1 aromatic rings. The number of benzene rings is 1. The van der Waals surface area contributed by atoms with Gasteiger partial charge in [-0.3, -0.25) is 4.79 Å². The average molecular weight is 266 g/mol. The topological polar surface area (TPSA) is 78.9 Å². The second kappa shape index (κ2) is 7.00. The fraction of sp³-hybridized carbons (Fsp3) is 0.385. The standard InChI is InChI=1S/C13H16ClN3O/c1-2-3-4-11(16)13(18)17-12-7-10(14)6-5-9(12)8-15/h5-7,11H,2-4,16H2,1H3,(H,17,18). The van der Waals surface area contributed by atoms with Gasteiger partial charge >= 0.3 is 0 Å². The Bertz CT molecular complexity index is 468. The first-order valence-corrected chi connectivity index (χ1v) is 6.22. The number of nitrogens with two attached hydrogens (primary N) is 1. The molecule has 1 rings (SSSR count). The molecule has 0 saturated carbocycles. The van der Waals surface area contributed by atoms with Gasteiger partial charge in [0.25, 0.3) is 0 Å². The van der Waals surface area contributed by atoms with Crippen molar-refractivity contribution in [3.63, 3.8) is 0 Å². The first-order chi connectivity index (χ1) is 8.58. The van der Waals surface area contributed by atoms with Crippen molar-refractivity contribution in [2.24, 2.45) is 5.73 Å². The van der Waals surface area contributed by atoms with E-state index in [9.17, 15) is 4.79 Å². The number of hydrogen-bond acceptors (Lipinski definition) is 3. The van der Waals surface area contributed by atoms with Crippen LogP contribution in [-0.2, 0) is 4.79 Å². The molecule has 1 atom stereocenters. The van der Waals surface area contributed by atoms with Gasteiger partial charge in [-0.15, -0.1) is 0 Å². The number of anilines is 1. The zero-order valence-electron chi connectivity index (χ0n) is 10.2. The molecule has 1 aromatic carbocycles. The Kier molecular flexibility index (Phi) is 5.63. The Morgan fingerprint density at radius 3 is 2.94 bits per heavy atom. The van der Waals surface area contributed by atoms with Gasteiger partial charge in [-0.2, -0.15) is 5.26 Å². The van der Waals surface area contributed by atoms with Crippen LogP contribution in [0, 0.1) is 11.3 Å². The number of nitrogens with zero attached hydrogens (tertiary/aromatic N) is 1. The van der Waals surface area contributed by atoms with Crippen molar-refractivity contribution in [2.45, 2.75) is 32.2 Å². The van der Waals surface area contributed by atoms with E-state index in [0.717, 1.165) is 12.8 Å². The van der Waals surface area contributed by atoms with Gasteiger partial charge in [0.2, 0.25) is 5.91 Å². The minimum absolute atomic E-state index is 0.290. The van der Waals surface area contributed by atoms with E-state index in [0.29, 0.717) is 22.7 Å². The average Bonchev–Trinajstić information content (AvgIpc) is 2.36. The van der Waals surface area contributed by atoms with Gasteiger partial charge in [-0.25, -0.2) is 0 Å². The Labute approximate surface area is 112 Å². The number of nitriles is 1. The molecule has 0 aliphatic rings. The first-order valence-electron chi connectivity index (χ1n) is 5.84. The predicted molar refractivity (Wildman–Crippen MR) is 72.3 cm³/mol. The normalized spacial score (nSPS) is 11.7. The maximum atomic E-state index is 11.8. The maximum absolute atomic E-state index is 11.8. The Morgan fingerprint density at radius 2 is 2.33 bits per heavy atom. The van der Waals surface area contributed by atoms with Crippen LogP contribution in [0.25, 0.3) is 0 Å². The molecule has 0 heterocycles. The summed E-state index contributed by atoms with van der Waals surface area (Å²) in [5.41, 5.74) is 6.53. The van der Waals surface area contributed by atoms with Crippen LogP contribution in [0.15, 0.2) is 18.2 Å². The van der Waals surface area contributed by atoms with Crippen LogP contribution < -0.4 is 11.1 Å². The molecule has 0 aliphatic carbocycles. The van der Waals surface area contributed by atoms with E-state index in [2.05, 4.69) is 5.32 Å². The third-order valence-corrected chi connectivity index (χ3v) is 2.80. The highest BCUT2D eigenvalue weighted by atomic mass is 35.5. The van der Waals surface area contributed by atoms with E-state index in [1.165, 1.54) is 0 Å². The zero-order chi connectivity index (χ0) is 13.5. The van der Waals surface area contributed by atoms with Gasteiger partial charge in [0.15, 0.2) is 0 Å². The summed E-state index contributed by atoms with van der Waals surface area (Å²) in [4.78, 5) is 11.8. The quantitative estimate of drug-likeness (QED) is 0.859. The highest BCUT2D eigenvalue weighted by Gasteiger charge is 2.14. The number of nitrogens with one attached hydrogen (secondary N) is 1. The van der Waals surface area contributed by atoms with Crippen molar-refractivity contribution < 1.29 is 4.79 Å². The van der Waals surface area contributed by atoms with Gasteiger partial charge in [0.05, 0.1) is 17.3 Å². The Balaban J connectivity index is 2.75. The summed E-state index contributed by atoms with van der Waals surface area (Å²) in [6.45, 7) is 2.04. The van der Waals surface area contributed by atoms with Crippen molar-refractivity contribution in [3.05, 3.63) is 28.8 Å². The molecule has 1 unspecified atom stereocenters. The van der Waals surface area contributed by atoms with E-state index < -0.39 is 6.04 Å². The lowest BCUT2D eigenvalue weighted by molar-refractivity contribution is -0.117. The molecule has 3 N–H and O–H groups in total. The summed E-state index contributed by atoms with van der Waals surface area (Å²) in [6.07, 6.45) is 2.52. The second-order valence-electron chi connectivity index (χ2n) is 4.04. The number of unbranched alkanes of at least 4 members (excludes halogenated alkanes) is 1. The summed E-state index contributed by atoms with van der Waals surface area (Å²) < 4.78 is 0. The van der Waals surface area contributed by atoms with Crippen molar-refractivity contribution in [1.29, 1.82) is 5.26 Å². The largest absolute Gasteiger partial charge is 0.323 e. The molecule has 4 nitrogen and oxygen atoms in total. The molecular weight excluding hydrogens is 250 g/mol. The molecule has 0 aromatic heterocycles. The van der Waals surface area contributed by atoms with Crippen LogP contribution in [0.3, 0.4) is 0 Å². The predicted octanol–water partition coefficient (Wildman–Crippen LogP) is 2.67. The van der Waals surface area contributed by atoms with Crippen molar-refractivity contribution >= 4 is 23.2 Å². The van der Waals surface area contributed by atoms with Gasteiger partial charge in [0.1, 0.15) is 6.07 Å². The lowest BCUT2D eigenvalue weighted by Gasteiger charge is -2.12. The highest BCUT2D eigenvalue weighted by Crippen LogP contribution is 2.20. The molecule has 5 heteroatoms. The van der Waals surface area contributed by atoms with Gasteiger partial charge in [-0.1, -0.05) is 31.4 Å². The summed E-state index contributed by atoms with van der Waals surface area (Å²) in [6, 6.07) is 6.15. The smallest absolute Gasteiger partial charge is 0.241 e. The van der Waals surface area contributed by atoms with E-state index in [4.69, 9.17) is 22.6 Å². The fourth-order valence-electron chi connectivity index (χ4n) is 1.50.